The van der Waals surface area contributed by atoms with Gasteiger partial charge in [0, 0.05) is 36.1 Å². The minimum atomic E-state index is -0.214. The highest BCUT2D eigenvalue weighted by atomic mass is 32.1. The van der Waals surface area contributed by atoms with E-state index in [0.29, 0.717) is 13.2 Å². The van der Waals surface area contributed by atoms with E-state index in [2.05, 4.69) is 29.0 Å². The quantitative estimate of drug-likeness (QED) is 0.389. The third kappa shape index (κ3) is 3.75. The van der Waals surface area contributed by atoms with Crippen LogP contribution in [-0.2, 0) is 17.8 Å². The maximum Gasteiger partial charge on any atom is 0.151 e. The number of pyridine rings is 1. The lowest BCUT2D eigenvalue weighted by Gasteiger charge is -2.34. The first-order valence-electron chi connectivity index (χ1n) is 12.0. The van der Waals surface area contributed by atoms with Crippen LogP contribution in [0.5, 0.6) is 5.75 Å². The summed E-state index contributed by atoms with van der Waals surface area (Å²) in [6, 6.07) is 7.96. The Balaban J connectivity index is 1.49. The zero-order valence-corrected chi connectivity index (χ0v) is 20.7. The normalized spacial score (nSPS) is 17.3. The van der Waals surface area contributed by atoms with Crippen LogP contribution in [0.15, 0.2) is 30.6 Å². The van der Waals surface area contributed by atoms with Gasteiger partial charge in [-0.15, -0.1) is 11.3 Å². The fourth-order valence-corrected chi connectivity index (χ4v) is 6.11. The third-order valence-corrected chi connectivity index (χ3v) is 7.72. The average Bonchev–Trinajstić information content (AvgIpc) is 3.48. The Labute approximate surface area is 203 Å². The van der Waals surface area contributed by atoms with Crippen LogP contribution in [0.3, 0.4) is 0 Å². The molecule has 0 radical (unpaired) electrons. The molecule has 1 fully saturated rings. The fraction of sp³-hybridized carbons (Fsp3) is 0.423. The zero-order chi connectivity index (χ0) is 23.3. The van der Waals surface area contributed by atoms with Crippen LogP contribution < -0.4 is 15.0 Å². The van der Waals surface area contributed by atoms with Crippen molar-refractivity contribution in [3.05, 3.63) is 41.7 Å². The van der Waals surface area contributed by atoms with E-state index >= 15 is 0 Å². The maximum absolute atomic E-state index is 6.24. The molecule has 0 spiro atoms. The molecule has 2 aliphatic rings. The summed E-state index contributed by atoms with van der Waals surface area (Å²) < 4.78 is 12.8. The van der Waals surface area contributed by atoms with Crippen molar-refractivity contribution in [3.8, 4) is 5.75 Å². The lowest BCUT2D eigenvalue weighted by molar-refractivity contribution is -0.0395. The van der Waals surface area contributed by atoms with Gasteiger partial charge in [0.05, 0.1) is 29.0 Å². The molecule has 4 aromatic rings. The second-order valence-electron chi connectivity index (χ2n) is 9.58. The highest BCUT2D eigenvalue weighted by Gasteiger charge is 2.33. The predicted molar refractivity (Wildman–Crippen MR) is 138 cm³/mol. The molecule has 2 aliphatic heterocycles. The molecule has 1 saturated heterocycles. The summed E-state index contributed by atoms with van der Waals surface area (Å²) >= 11 is 1.67. The van der Waals surface area contributed by atoms with Gasteiger partial charge in [-0.1, -0.05) is 0 Å². The lowest BCUT2D eigenvalue weighted by Crippen LogP contribution is -2.33. The van der Waals surface area contributed by atoms with E-state index in [0.717, 1.165) is 63.0 Å². The van der Waals surface area contributed by atoms with Crippen molar-refractivity contribution >= 4 is 49.1 Å². The molecule has 1 aromatic carbocycles. The fourth-order valence-electron chi connectivity index (χ4n) is 5.01. The largest absolute Gasteiger partial charge is 0.494 e. The summed E-state index contributed by atoms with van der Waals surface area (Å²) in [5.74, 6) is 2.76. The molecule has 176 valence electrons. The van der Waals surface area contributed by atoms with Crippen LogP contribution in [0.25, 0.3) is 20.4 Å². The van der Waals surface area contributed by atoms with Crippen LogP contribution in [-0.4, -0.2) is 40.2 Å². The summed E-state index contributed by atoms with van der Waals surface area (Å²) in [4.78, 5) is 18.0. The first kappa shape index (κ1) is 21.6. The molecule has 0 unspecified atom stereocenters. The Morgan fingerprint density at radius 1 is 1.12 bits per heavy atom. The van der Waals surface area contributed by atoms with Gasteiger partial charge in [0.2, 0.25) is 0 Å². The number of hydrogen-bond acceptors (Lipinski definition) is 8. The summed E-state index contributed by atoms with van der Waals surface area (Å²) in [5, 5.41) is 4.64. The molecule has 0 bridgehead atoms. The number of hydrogen-bond donors (Lipinski definition) is 1. The van der Waals surface area contributed by atoms with Crippen LogP contribution in [0, 0.1) is 0 Å². The number of rotatable bonds is 5. The Hall–Kier alpha value is -2.97. The Morgan fingerprint density at radius 2 is 1.91 bits per heavy atom. The van der Waals surface area contributed by atoms with Gasteiger partial charge in [0.15, 0.2) is 5.82 Å². The molecule has 0 atom stereocenters. The highest BCUT2D eigenvalue weighted by molar-refractivity contribution is 7.26. The van der Waals surface area contributed by atoms with Crippen LogP contribution in [0.2, 0.25) is 0 Å². The van der Waals surface area contributed by atoms with Crippen molar-refractivity contribution in [1.82, 2.24) is 15.0 Å². The van der Waals surface area contributed by atoms with E-state index < -0.39 is 0 Å². The SMILES string of the molecule is CCOc1ccc(Nc2ncnc3c2sc2nc(N4CCCC4)c4c(c23)CC(C)(C)OC4)cc1. The van der Waals surface area contributed by atoms with Gasteiger partial charge in [0.1, 0.15) is 22.7 Å². The number of fused-ring (bicyclic) bond motifs is 5. The summed E-state index contributed by atoms with van der Waals surface area (Å²) in [7, 11) is 0. The molecule has 7 nitrogen and oxygen atoms in total. The standard InChI is InChI=1S/C26H29N5O2S/c1-4-32-17-9-7-16(8-10-17)29-23-22-21(27-15-28-23)20-18-13-26(2,3)33-14-19(18)24(30-25(20)34-22)31-11-5-6-12-31/h7-10,15H,4-6,11-14H2,1-3H3,(H,27,28,29). The van der Waals surface area contributed by atoms with Gasteiger partial charge in [-0.2, -0.15) is 0 Å². The second-order valence-corrected chi connectivity index (χ2v) is 10.6. The molecular weight excluding hydrogens is 446 g/mol. The second kappa shape index (κ2) is 8.36. The first-order valence-corrected chi connectivity index (χ1v) is 12.8. The van der Waals surface area contributed by atoms with Crippen molar-refractivity contribution in [3.63, 3.8) is 0 Å². The molecule has 0 amide bonds. The van der Waals surface area contributed by atoms with E-state index in [1.807, 2.05) is 31.2 Å². The molecule has 0 saturated carbocycles. The summed E-state index contributed by atoms with van der Waals surface area (Å²) in [6.45, 7) is 9.68. The minimum Gasteiger partial charge on any atom is -0.494 e. The van der Waals surface area contributed by atoms with Crippen molar-refractivity contribution in [1.29, 1.82) is 0 Å². The minimum absolute atomic E-state index is 0.214. The number of nitrogens with one attached hydrogen (secondary N) is 1. The number of nitrogens with zero attached hydrogens (tertiary/aromatic N) is 4. The van der Waals surface area contributed by atoms with Gasteiger partial charge in [0.25, 0.3) is 0 Å². The van der Waals surface area contributed by atoms with E-state index in [1.165, 1.54) is 24.0 Å². The molecule has 0 aliphatic carbocycles. The summed E-state index contributed by atoms with van der Waals surface area (Å²) in [5.41, 5.74) is 4.28. The van der Waals surface area contributed by atoms with Gasteiger partial charge in [-0.05, 0) is 63.4 Å². The first-order chi connectivity index (χ1) is 16.5. The Bertz CT molecular complexity index is 1360. The van der Waals surface area contributed by atoms with Gasteiger partial charge < -0.3 is 19.7 Å². The molecular formula is C26H29N5O2S. The van der Waals surface area contributed by atoms with Crippen molar-refractivity contribution in [2.75, 3.05) is 29.9 Å². The number of aromatic nitrogens is 3. The van der Waals surface area contributed by atoms with Gasteiger partial charge >= 0.3 is 0 Å². The Kier molecular flexibility index (Phi) is 5.30. The maximum atomic E-state index is 6.24. The molecule has 8 heteroatoms. The van der Waals surface area contributed by atoms with E-state index in [4.69, 9.17) is 19.4 Å². The van der Waals surface area contributed by atoms with Gasteiger partial charge in [-0.25, -0.2) is 15.0 Å². The molecule has 6 rings (SSSR count). The predicted octanol–water partition coefficient (Wildman–Crippen LogP) is 5.83. The van der Waals surface area contributed by atoms with Crippen LogP contribution >= 0.6 is 11.3 Å². The zero-order valence-electron chi connectivity index (χ0n) is 19.9. The number of thiophene rings is 1. The number of benzene rings is 1. The number of anilines is 3. The van der Waals surface area contributed by atoms with Crippen LogP contribution in [0.4, 0.5) is 17.3 Å². The van der Waals surface area contributed by atoms with Gasteiger partial charge in [-0.3, -0.25) is 0 Å². The summed E-state index contributed by atoms with van der Waals surface area (Å²) in [6.07, 6.45) is 4.93. The third-order valence-electron chi connectivity index (χ3n) is 6.64. The van der Waals surface area contributed by atoms with Crippen molar-refractivity contribution in [2.24, 2.45) is 0 Å². The van der Waals surface area contributed by atoms with Crippen molar-refractivity contribution in [2.45, 2.75) is 52.2 Å². The van der Waals surface area contributed by atoms with E-state index in [9.17, 15) is 0 Å². The highest BCUT2D eigenvalue weighted by Crippen LogP contribution is 2.44. The topological polar surface area (TPSA) is 72.4 Å². The molecule has 5 heterocycles. The molecule has 34 heavy (non-hydrogen) atoms. The smallest absolute Gasteiger partial charge is 0.151 e. The average molecular weight is 476 g/mol. The van der Waals surface area contributed by atoms with Crippen molar-refractivity contribution < 1.29 is 9.47 Å². The molecule has 1 N–H and O–H groups in total. The Morgan fingerprint density at radius 3 is 2.68 bits per heavy atom. The van der Waals surface area contributed by atoms with E-state index in [-0.39, 0.29) is 5.60 Å². The monoisotopic (exact) mass is 475 g/mol. The van der Waals surface area contributed by atoms with Crippen LogP contribution in [0.1, 0.15) is 44.7 Å². The lowest BCUT2D eigenvalue weighted by atomic mass is 9.90. The molecule has 3 aromatic heterocycles. The van der Waals surface area contributed by atoms with E-state index in [1.54, 1.807) is 17.7 Å². The number of ether oxygens (including phenoxy) is 2.